The van der Waals surface area contributed by atoms with E-state index in [1.54, 1.807) is 7.11 Å². The smallest absolute Gasteiger partial charge is 0.277 e. The number of thioether (sulfide) groups is 1. The molecule has 3 aromatic carbocycles. The number of carbonyl (C=O) groups is 1. The van der Waals surface area contributed by atoms with Crippen molar-refractivity contribution in [2.45, 2.75) is 29.5 Å². The largest absolute Gasteiger partial charge is 0.544 e. The third-order valence-corrected chi connectivity index (χ3v) is 7.62. The monoisotopic (exact) mass is 512 g/mol. The van der Waals surface area contributed by atoms with E-state index in [1.807, 2.05) is 72.0 Å². The van der Waals surface area contributed by atoms with Crippen LogP contribution in [-0.2, 0) is 17.0 Å². The molecule has 0 bridgehead atoms. The highest BCUT2D eigenvalue weighted by atomic mass is 32.2. The number of aliphatic carboxylic acids is 1. The molecule has 2 atom stereocenters. The molecular weight excluding hydrogens is 488 g/mol. The molecule has 186 valence electrons. The number of ether oxygens (including phenoxy) is 1. The van der Waals surface area contributed by atoms with E-state index in [9.17, 15) is 9.90 Å². The zero-order valence-corrected chi connectivity index (χ0v) is 20.8. The molecular formula is C28H24N4O4S. The van der Waals surface area contributed by atoms with Gasteiger partial charge in [0, 0.05) is 39.8 Å². The minimum absolute atomic E-state index is 0.221. The summed E-state index contributed by atoms with van der Waals surface area (Å²) in [6, 6.07) is 22.7. The molecule has 0 aliphatic carbocycles. The van der Waals surface area contributed by atoms with E-state index in [0.717, 1.165) is 44.6 Å². The minimum atomic E-state index is -1.06. The van der Waals surface area contributed by atoms with Crippen LogP contribution in [0.5, 0.6) is 5.75 Å². The molecule has 5 aromatic rings. The molecule has 0 unspecified atom stereocenters. The maximum atomic E-state index is 11.9. The zero-order chi connectivity index (χ0) is 25.4. The first-order valence-electron chi connectivity index (χ1n) is 11.9. The van der Waals surface area contributed by atoms with Crippen LogP contribution >= 0.6 is 11.8 Å². The fourth-order valence-electron chi connectivity index (χ4n) is 4.97. The molecule has 1 aliphatic heterocycles. The van der Waals surface area contributed by atoms with Gasteiger partial charge in [-0.25, -0.2) is 0 Å². The van der Waals surface area contributed by atoms with Crippen LogP contribution in [0, 0.1) is 0 Å². The second-order valence-electron chi connectivity index (χ2n) is 8.96. The van der Waals surface area contributed by atoms with Crippen LogP contribution in [-0.4, -0.2) is 34.3 Å². The van der Waals surface area contributed by atoms with Crippen LogP contribution in [0.1, 0.15) is 28.4 Å². The fraction of sp³-hybridized carbons (Fsp3) is 0.179. The van der Waals surface area contributed by atoms with Crippen molar-refractivity contribution >= 4 is 28.6 Å². The van der Waals surface area contributed by atoms with E-state index in [-0.39, 0.29) is 6.04 Å². The first-order chi connectivity index (χ1) is 18.1. The summed E-state index contributed by atoms with van der Waals surface area (Å²) in [6.07, 6.45) is 0.415. The van der Waals surface area contributed by atoms with Gasteiger partial charge < -0.3 is 29.4 Å². The Morgan fingerprint density at radius 2 is 1.95 bits per heavy atom. The lowest BCUT2D eigenvalue weighted by molar-refractivity contribution is -0.717. The lowest BCUT2D eigenvalue weighted by Gasteiger charge is -2.29. The average Bonchev–Trinajstić information content (AvgIpc) is 3.56. The highest BCUT2D eigenvalue weighted by Gasteiger charge is 2.35. The Balaban J connectivity index is 1.31. The Morgan fingerprint density at radius 3 is 2.76 bits per heavy atom. The number of H-pyrrole nitrogens is 1. The second kappa shape index (κ2) is 9.76. The molecule has 0 saturated carbocycles. The Kier molecular flexibility index (Phi) is 6.15. The third kappa shape index (κ3) is 4.47. The number of quaternary nitrogens is 1. The third-order valence-electron chi connectivity index (χ3n) is 6.75. The van der Waals surface area contributed by atoms with Gasteiger partial charge in [-0.1, -0.05) is 48.2 Å². The molecule has 0 amide bonds. The maximum absolute atomic E-state index is 11.9. The molecule has 0 spiro atoms. The number of para-hydroxylation sites is 1. The number of aromatic amines is 1. The van der Waals surface area contributed by atoms with Crippen LogP contribution < -0.4 is 15.2 Å². The quantitative estimate of drug-likeness (QED) is 0.322. The summed E-state index contributed by atoms with van der Waals surface area (Å²) in [7, 11) is 1.64. The van der Waals surface area contributed by atoms with Crippen molar-refractivity contribution < 1.29 is 24.4 Å². The summed E-state index contributed by atoms with van der Waals surface area (Å²) in [5.41, 5.74) is 5.85. The van der Waals surface area contributed by atoms with Gasteiger partial charge in [-0.2, -0.15) is 0 Å². The van der Waals surface area contributed by atoms with Gasteiger partial charge in [-0.05, 0) is 42.0 Å². The maximum Gasteiger partial charge on any atom is 0.277 e. The molecule has 0 saturated heterocycles. The number of carboxylic acid groups (broad SMARTS) is 1. The number of fused-ring (bicyclic) bond motifs is 3. The lowest BCUT2D eigenvalue weighted by Crippen LogP contribution is -2.95. The second-order valence-corrected chi connectivity index (χ2v) is 9.89. The first kappa shape index (κ1) is 23.3. The zero-order valence-electron chi connectivity index (χ0n) is 20.0. The van der Waals surface area contributed by atoms with Crippen LogP contribution in [0.4, 0.5) is 0 Å². The summed E-state index contributed by atoms with van der Waals surface area (Å²) in [5, 5.41) is 23.7. The number of benzene rings is 3. The van der Waals surface area contributed by atoms with Gasteiger partial charge in [0.15, 0.2) is 6.04 Å². The molecule has 0 radical (unpaired) electrons. The Bertz CT molecular complexity index is 1580. The van der Waals surface area contributed by atoms with Crippen molar-refractivity contribution in [2.24, 2.45) is 0 Å². The average molecular weight is 513 g/mol. The Hall–Kier alpha value is -4.08. The lowest BCUT2D eigenvalue weighted by atomic mass is 9.90. The van der Waals surface area contributed by atoms with Crippen molar-refractivity contribution in [3.05, 3.63) is 95.2 Å². The van der Waals surface area contributed by atoms with Gasteiger partial charge >= 0.3 is 0 Å². The number of carbonyl (C=O) groups excluding carboxylic acids is 1. The van der Waals surface area contributed by atoms with E-state index in [0.29, 0.717) is 23.3 Å². The van der Waals surface area contributed by atoms with Gasteiger partial charge in [-0.15, -0.1) is 10.2 Å². The van der Waals surface area contributed by atoms with Gasteiger partial charge in [0.1, 0.15) is 11.8 Å². The topological polar surface area (TPSA) is 121 Å². The van der Waals surface area contributed by atoms with Crippen molar-refractivity contribution in [1.29, 1.82) is 0 Å². The van der Waals surface area contributed by atoms with Gasteiger partial charge in [0.05, 0.1) is 18.8 Å². The van der Waals surface area contributed by atoms with Crippen LogP contribution in [0.25, 0.3) is 22.4 Å². The SMILES string of the molecule is COc1ccc([C@H]2[NH2+][C@@H](C(=O)[O-])Cc3c2[nH]c2ccccc32)cc1CSc1nnc(-c2ccccc2)o1. The number of methoxy groups -OCH3 is 1. The number of nitrogens with one attached hydrogen (secondary N) is 1. The van der Waals surface area contributed by atoms with E-state index in [2.05, 4.69) is 21.2 Å². The molecule has 0 fully saturated rings. The fourth-order valence-corrected chi connectivity index (χ4v) is 5.71. The highest BCUT2D eigenvalue weighted by Crippen LogP contribution is 2.35. The van der Waals surface area contributed by atoms with Gasteiger partial charge in [0.2, 0.25) is 5.89 Å². The number of hydrogen-bond donors (Lipinski definition) is 2. The van der Waals surface area contributed by atoms with E-state index in [1.165, 1.54) is 11.8 Å². The van der Waals surface area contributed by atoms with Crippen LogP contribution in [0.3, 0.4) is 0 Å². The number of nitrogens with zero attached hydrogens (tertiary/aromatic N) is 2. The normalized spacial score (nSPS) is 17.0. The van der Waals surface area contributed by atoms with Gasteiger partial charge in [-0.3, -0.25) is 0 Å². The number of carboxylic acids is 1. The number of rotatable bonds is 7. The van der Waals surface area contributed by atoms with Gasteiger partial charge in [0.25, 0.3) is 5.22 Å². The van der Waals surface area contributed by atoms with E-state index >= 15 is 0 Å². The molecule has 2 aromatic heterocycles. The number of aromatic nitrogens is 3. The van der Waals surface area contributed by atoms with Crippen molar-refractivity contribution in [2.75, 3.05) is 7.11 Å². The summed E-state index contributed by atoms with van der Waals surface area (Å²) < 4.78 is 11.5. The van der Waals surface area contributed by atoms with E-state index in [4.69, 9.17) is 9.15 Å². The molecule has 37 heavy (non-hydrogen) atoms. The Labute approximate surface area is 217 Å². The molecule has 9 heteroatoms. The predicted molar refractivity (Wildman–Crippen MR) is 137 cm³/mol. The van der Waals surface area contributed by atoms with Crippen LogP contribution in [0.15, 0.2) is 82.4 Å². The van der Waals surface area contributed by atoms with Crippen molar-refractivity contribution in [3.63, 3.8) is 0 Å². The first-order valence-corrected chi connectivity index (χ1v) is 12.9. The van der Waals surface area contributed by atoms with Crippen molar-refractivity contribution in [1.82, 2.24) is 15.2 Å². The number of hydrogen-bond acceptors (Lipinski definition) is 7. The predicted octanol–water partition coefficient (Wildman–Crippen LogP) is 2.85. The summed E-state index contributed by atoms with van der Waals surface area (Å²) in [4.78, 5) is 15.5. The molecule has 8 nitrogen and oxygen atoms in total. The summed E-state index contributed by atoms with van der Waals surface area (Å²) in [6.45, 7) is 0. The Morgan fingerprint density at radius 1 is 1.14 bits per heavy atom. The summed E-state index contributed by atoms with van der Waals surface area (Å²) >= 11 is 1.43. The standard InChI is InChI=1S/C28H24N4O4S/c1-35-23-12-11-17(13-18(23)15-37-28-32-31-26(36-28)16-7-3-2-4-8-16)24-25-20(14-22(30-24)27(33)34)19-9-5-6-10-21(19)29-25/h2-13,22,24,29-30H,14-15H2,1H3,(H,33,34)/t22-,24-/m1/s1. The molecule has 3 N–H and O–H groups in total. The van der Waals surface area contributed by atoms with Crippen molar-refractivity contribution in [3.8, 4) is 17.2 Å². The molecule has 1 aliphatic rings. The summed E-state index contributed by atoms with van der Waals surface area (Å²) in [5.74, 6) is 0.697. The minimum Gasteiger partial charge on any atom is -0.544 e. The molecule has 6 rings (SSSR count). The number of nitrogens with two attached hydrogens (primary N) is 1. The molecule has 3 heterocycles. The van der Waals surface area contributed by atoms with Crippen LogP contribution in [0.2, 0.25) is 0 Å². The highest BCUT2D eigenvalue weighted by molar-refractivity contribution is 7.98. The van der Waals surface area contributed by atoms with E-state index < -0.39 is 12.0 Å².